The molecule has 2 heterocycles. The summed E-state index contributed by atoms with van der Waals surface area (Å²) in [4.78, 5) is 15.9. The standard InChI is InChI=1S/C11H15N3O3/c1-16-11-9(4-7(12)5-13-11)10(15)14-8-2-3-17-6-8/h4-5,8H,2-3,6,12H2,1H3,(H,14,15). The Morgan fingerprint density at radius 1 is 1.71 bits per heavy atom. The van der Waals surface area contributed by atoms with Gasteiger partial charge in [-0.2, -0.15) is 0 Å². The number of pyridine rings is 1. The number of aromatic nitrogens is 1. The van der Waals surface area contributed by atoms with Gasteiger partial charge in [0.15, 0.2) is 0 Å². The minimum atomic E-state index is -0.239. The number of amides is 1. The summed E-state index contributed by atoms with van der Waals surface area (Å²) in [5.74, 6) is 0.0350. The molecule has 17 heavy (non-hydrogen) atoms. The van der Waals surface area contributed by atoms with Crippen molar-refractivity contribution < 1.29 is 14.3 Å². The van der Waals surface area contributed by atoms with Crippen molar-refractivity contribution in [2.24, 2.45) is 0 Å². The second-order valence-electron chi connectivity index (χ2n) is 3.86. The number of anilines is 1. The van der Waals surface area contributed by atoms with E-state index in [0.717, 1.165) is 6.42 Å². The maximum atomic E-state index is 12.0. The van der Waals surface area contributed by atoms with E-state index in [4.69, 9.17) is 15.2 Å². The number of carbonyl (C=O) groups is 1. The summed E-state index contributed by atoms with van der Waals surface area (Å²) in [5, 5.41) is 2.86. The summed E-state index contributed by atoms with van der Waals surface area (Å²) in [5.41, 5.74) is 6.38. The lowest BCUT2D eigenvalue weighted by molar-refractivity contribution is 0.0926. The number of ether oxygens (including phenoxy) is 2. The number of hydrogen-bond donors (Lipinski definition) is 2. The fourth-order valence-electron chi connectivity index (χ4n) is 1.71. The van der Waals surface area contributed by atoms with Gasteiger partial charge in [0.25, 0.3) is 5.91 Å². The molecule has 1 aliphatic heterocycles. The lowest BCUT2D eigenvalue weighted by atomic mass is 10.2. The van der Waals surface area contributed by atoms with Gasteiger partial charge < -0.3 is 20.5 Å². The monoisotopic (exact) mass is 237 g/mol. The predicted molar refractivity (Wildman–Crippen MR) is 61.9 cm³/mol. The van der Waals surface area contributed by atoms with Gasteiger partial charge >= 0.3 is 0 Å². The van der Waals surface area contributed by atoms with Gasteiger partial charge in [0.2, 0.25) is 5.88 Å². The van der Waals surface area contributed by atoms with Gasteiger partial charge in [0, 0.05) is 6.61 Å². The van der Waals surface area contributed by atoms with Gasteiger partial charge in [0.05, 0.1) is 31.6 Å². The molecule has 1 saturated heterocycles. The van der Waals surface area contributed by atoms with Crippen molar-refractivity contribution in [2.75, 3.05) is 26.1 Å². The van der Waals surface area contributed by atoms with E-state index in [1.165, 1.54) is 13.3 Å². The van der Waals surface area contributed by atoms with E-state index < -0.39 is 0 Å². The molecule has 1 unspecified atom stereocenters. The zero-order valence-electron chi connectivity index (χ0n) is 9.60. The van der Waals surface area contributed by atoms with Crippen LogP contribution in [0.5, 0.6) is 5.88 Å². The lowest BCUT2D eigenvalue weighted by Crippen LogP contribution is -2.35. The van der Waals surface area contributed by atoms with Crippen molar-refractivity contribution in [3.63, 3.8) is 0 Å². The van der Waals surface area contributed by atoms with Crippen molar-refractivity contribution in [1.29, 1.82) is 0 Å². The lowest BCUT2D eigenvalue weighted by Gasteiger charge is -2.12. The Morgan fingerprint density at radius 3 is 3.18 bits per heavy atom. The first kappa shape index (κ1) is 11.7. The van der Waals surface area contributed by atoms with Crippen LogP contribution in [0.2, 0.25) is 0 Å². The van der Waals surface area contributed by atoms with Gasteiger partial charge in [0.1, 0.15) is 5.56 Å². The van der Waals surface area contributed by atoms with Crippen LogP contribution in [0, 0.1) is 0 Å². The summed E-state index contributed by atoms with van der Waals surface area (Å²) in [6.07, 6.45) is 2.28. The molecule has 3 N–H and O–H groups in total. The average Bonchev–Trinajstić information content (AvgIpc) is 2.81. The fraction of sp³-hybridized carbons (Fsp3) is 0.455. The summed E-state index contributed by atoms with van der Waals surface area (Å²) >= 11 is 0. The number of rotatable bonds is 3. The third-order valence-electron chi connectivity index (χ3n) is 2.58. The Kier molecular flexibility index (Phi) is 3.43. The molecule has 0 spiro atoms. The second kappa shape index (κ2) is 5.01. The predicted octanol–water partition coefficient (Wildman–Crippen LogP) is 0.191. The quantitative estimate of drug-likeness (QED) is 0.783. The number of hydrogen-bond acceptors (Lipinski definition) is 5. The van der Waals surface area contributed by atoms with E-state index in [0.29, 0.717) is 24.5 Å². The minimum Gasteiger partial charge on any atom is -0.480 e. The molecule has 1 amide bonds. The maximum absolute atomic E-state index is 12.0. The Labute approximate surface area is 99.1 Å². The van der Waals surface area contributed by atoms with Crippen LogP contribution >= 0.6 is 0 Å². The molecule has 0 saturated carbocycles. The van der Waals surface area contributed by atoms with E-state index >= 15 is 0 Å². The molecule has 6 heteroatoms. The molecule has 1 aromatic rings. The van der Waals surface area contributed by atoms with Crippen LogP contribution in [-0.2, 0) is 4.74 Å². The molecule has 1 atom stereocenters. The van der Waals surface area contributed by atoms with Gasteiger partial charge in [-0.15, -0.1) is 0 Å². The highest BCUT2D eigenvalue weighted by Gasteiger charge is 2.21. The maximum Gasteiger partial charge on any atom is 0.257 e. The summed E-state index contributed by atoms with van der Waals surface area (Å²) in [7, 11) is 1.47. The van der Waals surface area contributed by atoms with Gasteiger partial charge in [-0.05, 0) is 12.5 Å². The van der Waals surface area contributed by atoms with Gasteiger partial charge in [-0.3, -0.25) is 4.79 Å². The van der Waals surface area contributed by atoms with E-state index in [-0.39, 0.29) is 17.8 Å². The first-order chi connectivity index (χ1) is 8.20. The second-order valence-corrected chi connectivity index (χ2v) is 3.86. The molecule has 1 aliphatic rings. The molecule has 6 nitrogen and oxygen atoms in total. The molecular formula is C11H15N3O3. The zero-order chi connectivity index (χ0) is 12.3. The van der Waals surface area contributed by atoms with E-state index in [1.54, 1.807) is 6.07 Å². The summed E-state index contributed by atoms with van der Waals surface area (Å²) < 4.78 is 10.2. The number of nitrogens with zero attached hydrogens (tertiary/aromatic N) is 1. The smallest absolute Gasteiger partial charge is 0.257 e. The average molecular weight is 237 g/mol. The van der Waals surface area contributed by atoms with Crippen LogP contribution < -0.4 is 15.8 Å². The van der Waals surface area contributed by atoms with Crippen molar-refractivity contribution >= 4 is 11.6 Å². The van der Waals surface area contributed by atoms with Crippen molar-refractivity contribution in [3.8, 4) is 5.88 Å². The molecule has 0 aromatic carbocycles. The minimum absolute atomic E-state index is 0.0497. The van der Waals surface area contributed by atoms with Crippen molar-refractivity contribution in [3.05, 3.63) is 17.8 Å². The fourth-order valence-corrected chi connectivity index (χ4v) is 1.71. The van der Waals surface area contributed by atoms with Crippen molar-refractivity contribution in [2.45, 2.75) is 12.5 Å². The van der Waals surface area contributed by atoms with Crippen LogP contribution in [0.1, 0.15) is 16.8 Å². The molecule has 92 valence electrons. The normalized spacial score (nSPS) is 19.0. The van der Waals surface area contributed by atoms with Crippen LogP contribution in [-0.4, -0.2) is 37.3 Å². The number of nitrogens with one attached hydrogen (secondary N) is 1. The van der Waals surface area contributed by atoms with E-state index in [9.17, 15) is 4.79 Å². The summed E-state index contributed by atoms with van der Waals surface area (Å²) in [6.45, 7) is 1.22. The number of methoxy groups -OCH3 is 1. The molecule has 1 aromatic heterocycles. The Balaban J connectivity index is 2.14. The first-order valence-corrected chi connectivity index (χ1v) is 5.39. The Bertz CT molecular complexity index is 416. The highest BCUT2D eigenvalue weighted by molar-refractivity contribution is 5.97. The third-order valence-corrected chi connectivity index (χ3v) is 2.58. The molecular weight excluding hydrogens is 222 g/mol. The van der Waals surface area contributed by atoms with Crippen LogP contribution in [0.3, 0.4) is 0 Å². The highest BCUT2D eigenvalue weighted by Crippen LogP contribution is 2.18. The Hall–Kier alpha value is -1.82. The van der Waals surface area contributed by atoms with Gasteiger partial charge in [-0.1, -0.05) is 0 Å². The highest BCUT2D eigenvalue weighted by atomic mass is 16.5. The molecule has 0 radical (unpaired) electrons. The van der Waals surface area contributed by atoms with Crippen LogP contribution in [0.25, 0.3) is 0 Å². The van der Waals surface area contributed by atoms with Crippen LogP contribution in [0.4, 0.5) is 5.69 Å². The number of carbonyl (C=O) groups excluding carboxylic acids is 1. The largest absolute Gasteiger partial charge is 0.480 e. The van der Waals surface area contributed by atoms with Crippen molar-refractivity contribution in [1.82, 2.24) is 10.3 Å². The zero-order valence-corrected chi connectivity index (χ0v) is 9.60. The third kappa shape index (κ3) is 2.65. The molecule has 1 fully saturated rings. The van der Waals surface area contributed by atoms with E-state index in [2.05, 4.69) is 10.3 Å². The molecule has 0 aliphatic carbocycles. The number of nitrogens with two attached hydrogens (primary N) is 1. The van der Waals surface area contributed by atoms with Gasteiger partial charge in [-0.25, -0.2) is 4.98 Å². The Morgan fingerprint density at radius 2 is 2.53 bits per heavy atom. The molecule has 0 bridgehead atoms. The topological polar surface area (TPSA) is 86.5 Å². The summed E-state index contributed by atoms with van der Waals surface area (Å²) in [6, 6.07) is 1.60. The molecule has 2 rings (SSSR count). The number of nitrogen functional groups attached to an aromatic ring is 1. The SMILES string of the molecule is COc1ncc(N)cc1C(=O)NC1CCOC1. The van der Waals surface area contributed by atoms with Crippen LogP contribution in [0.15, 0.2) is 12.3 Å². The first-order valence-electron chi connectivity index (χ1n) is 5.39. The van der Waals surface area contributed by atoms with E-state index in [1.807, 2.05) is 0 Å².